The summed E-state index contributed by atoms with van der Waals surface area (Å²) in [6.45, 7) is 2.43. The first kappa shape index (κ1) is 17.6. The van der Waals surface area contributed by atoms with E-state index in [1.54, 1.807) is 24.3 Å². The van der Waals surface area contributed by atoms with Gasteiger partial charge in [-0.05, 0) is 36.8 Å². The van der Waals surface area contributed by atoms with Crippen molar-refractivity contribution in [3.05, 3.63) is 53.1 Å². The van der Waals surface area contributed by atoms with Crippen molar-refractivity contribution in [2.45, 2.75) is 13.3 Å². The molecule has 24 heavy (non-hydrogen) atoms. The number of halogens is 1. The van der Waals surface area contributed by atoms with Crippen molar-refractivity contribution in [2.24, 2.45) is 0 Å². The zero-order valence-electron chi connectivity index (χ0n) is 13.2. The highest BCUT2D eigenvalue weighted by molar-refractivity contribution is 6.32. The molecule has 0 aliphatic rings. The summed E-state index contributed by atoms with van der Waals surface area (Å²) in [6.07, 6.45) is 0.883. The quantitative estimate of drug-likeness (QED) is 0.823. The number of nitrogens with one attached hydrogen (secondary N) is 1. The van der Waals surface area contributed by atoms with Crippen LogP contribution in [0.5, 0.6) is 11.5 Å². The van der Waals surface area contributed by atoms with Gasteiger partial charge in [0, 0.05) is 5.69 Å². The van der Waals surface area contributed by atoms with Gasteiger partial charge in [0.1, 0.15) is 6.07 Å². The zero-order chi connectivity index (χ0) is 17.4. The van der Waals surface area contributed by atoms with Crippen LogP contribution in [0.1, 0.15) is 18.9 Å². The maximum Gasteiger partial charge on any atom is 0.262 e. The number of hydrogen-bond acceptors (Lipinski definition) is 4. The number of hydrogen-bond donors (Lipinski definition) is 1. The first-order valence-electron chi connectivity index (χ1n) is 7.48. The highest BCUT2D eigenvalue weighted by atomic mass is 35.5. The van der Waals surface area contributed by atoms with E-state index in [1.165, 1.54) is 6.07 Å². The van der Waals surface area contributed by atoms with Gasteiger partial charge in [-0.1, -0.05) is 30.7 Å². The first-order chi connectivity index (χ1) is 11.6. The lowest BCUT2D eigenvalue weighted by Gasteiger charge is -2.12. The van der Waals surface area contributed by atoms with Gasteiger partial charge in [-0.15, -0.1) is 0 Å². The van der Waals surface area contributed by atoms with Crippen molar-refractivity contribution in [3.63, 3.8) is 0 Å². The molecule has 5 nitrogen and oxygen atoms in total. The van der Waals surface area contributed by atoms with E-state index in [1.807, 2.05) is 25.1 Å². The Morgan fingerprint density at radius 1 is 1.21 bits per heavy atom. The highest BCUT2D eigenvalue weighted by Gasteiger charge is 2.09. The van der Waals surface area contributed by atoms with E-state index >= 15 is 0 Å². The molecule has 2 aromatic carbocycles. The number of carbonyl (C=O) groups excluding carboxylic acids is 1. The molecule has 0 saturated heterocycles. The number of benzene rings is 2. The predicted octanol–water partition coefficient (Wildman–Crippen LogP) is 4.02. The molecule has 0 aromatic heterocycles. The largest absolute Gasteiger partial charge is 0.490 e. The van der Waals surface area contributed by atoms with E-state index in [-0.39, 0.29) is 17.5 Å². The lowest BCUT2D eigenvalue weighted by Crippen LogP contribution is -2.20. The molecular formula is C18H17ClN2O3. The van der Waals surface area contributed by atoms with E-state index in [9.17, 15) is 4.79 Å². The molecule has 6 heteroatoms. The summed E-state index contributed by atoms with van der Waals surface area (Å²) in [7, 11) is 0. The summed E-state index contributed by atoms with van der Waals surface area (Å²) in [5, 5.41) is 11.8. The molecule has 0 unspecified atom stereocenters. The molecule has 0 heterocycles. The summed E-state index contributed by atoms with van der Waals surface area (Å²) in [5.41, 5.74) is 0.857. The molecule has 2 rings (SSSR count). The lowest BCUT2D eigenvalue weighted by molar-refractivity contribution is -0.118. The Hall–Kier alpha value is -2.71. The molecular weight excluding hydrogens is 328 g/mol. The normalized spacial score (nSPS) is 9.88. The third-order valence-electron chi connectivity index (χ3n) is 3.04. The standard InChI is InChI=1S/C18H17ClN2O3/c1-2-9-23-16-5-3-4-6-17(16)24-12-18(22)21-14-8-7-13(11-20)15(19)10-14/h3-8,10H,2,9,12H2,1H3,(H,21,22). The average molecular weight is 345 g/mol. The van der Waals surface area contributed by atoms with Gasteiger partial charge in [0.05, 0.1) is 17.2 Å². The van der Waals surface area contributed by atoms with Crippen LogP contribution in [0, 0.1) is 11.3 Å². The summed E-state index contributed by atoms with van der Waals surface area (Å²) in [5.74, 6) is 0.786. The number of nitrogens with zero attached hydrogens (tertiary/aromatic N) is 1. The van der Waals surface area contributed by atoms with E-state index in [2.05, 4.69) is 5.32 Å². The van der Waals surface area contributed by atoms with Crippen molar-refractivity contribution >= 4 is 23.2 Å². The number of amides is 1. The van der Waals surface area contributed by atoms with Crippen LogP contribution in [0.25, 0.3) is 0 Å². The molecule has 0 bridgehead atoms. The SMILES string of the molecule is CCCOc1ccccc1OCC(=O)Nc1ccc(C#N)c(Cl)c1. The van der Waals surface area contributed by atoms with Crippen LogP contribution in [0.3, 0.4) is 0 Å². The van der Waals surface area contributed by atoms with Gasteiger partial charge in [0.15, 0.2) is 18.1 Å². The molecule has 0 atom stereocenters. The van der Waals surface area contributed by atoms with Crippen LogP contribution in [-0.4, -0.2) is 19.1 Å². The summed E-state index contributed by atoms with van der Waals surface area (Å²) in [4.78, 5) is 12.0. The van der Waals surface area contributed by atoms with Crippen LogP contribution in [-0.2, 0) is 4.79 Å². The van der Waals surface area contributed by atoms with Crippen LogP contribution in [0.4, 0.5) is 5.69 Å². The molecule has 0 aliphatic carbocycles. The van der Waals surface area contributed by atoms with Gasteiger partial charge in [-0.25, -0.2) is 0 Å². The number of para-hydroxylation sites is 2. The lowest BCUT2D eigenvalue weighted by atomic mass is 10.2. The molecule has 0 radical (unpaired) electrons. The van der Waals surface area contributed by atoms with Crippen molar-refractivity contribution in [2.75, 3.05) is 18.5 Å². The zero-order valence-corrected chi connectivity index (χ0v) is 14.0. The van der Waals surface area contributed by atoms with Crippen LogP contribution < -0.4 is 14.8 Å². The molecule has 0 saturated carbocycles. The molecule has 0 aliphatic heterocycles. The van der Waals surface area contributed by atoms with E-state index in [0.29, 0.717) is 29.4 Å². The number of ether oxygens (including phenoxy) is 2. The Morgan fingerprint density at radius 2 is 1.92 bits per heavy atom. The van der Waals surface area contributed by atoms with Gasteiger partial charge >= 0.3 is 0 Å². The maximum absolute atomic E-state index is 12.0. The van der Waals surface area contributed by atoms with Gasteiger partial charge in [-0.2, -0.15) is 5.26 Å². The smallest absolute Gasteiger partial charge is 0.262 e. The van der Waals surface area contributed by atoms with E-state index < -0.39 is 0 Å². The monoisotopic (exact) mass is 344 g/mol. The van der Waals surface area contributed by atoms with E-state index in [4.69, 9.17) is 26.3 Å². The third kappa shape index (κ3) is 4.90. The number of anilines is 1. The fourth-order valence-corrected chi connectivity index (χ4v) is 2.15. The van der Waals surface area contributed by atoms with Gasteiger partial charge in [0.2, 0.25) is 0 Å². The fraction of sp³-hybridized carbons (Fsp3) is 0.222. The number of carbonyl (C=O) groups is 1. The van der Waals surface area contributed by atoms with Crippen molar-refractivity contribution in [1.29, 1.82) is 5.26 Å². The van der Waals surface area contributed by atoms with E-state index in [0.717, 1.165) is 6.42 Å². The average Bonchev–Trinajstić information content (AvgIpc) is 2.59. The second kappa shape index (κ2) is 8.80. The minimum absolute atomic E-state index is 0.163. The first-order valence-corrected chi connectivity index (χ1v) is 7.86. The Bertz CT molecular complexity index is 756. The Balaban J connectivity index is 1.94. The van der Waals surface area contributed by atoms with Crippen molar-refractivity contribution < 1.29 is 14.3 Å². The molecule has 124 valence electrons. The summed E-state index contributed by atoms with van der Waals surface area (Å²) < 4.78 is 11.1. The Labute approximate surface area is 145 Å². The molecule has 1 N–H and O–H groups in total. The maximum atomic E-state index is 12.0. The Morgan fingerprint density at radius 3 is 2.54 bits per heavy atom. The number of nitriles is 1. The third-order valence-corrected chi connectivity index (χ3v) is 3.36. The Kier molecular flexibility index (Phi) is 6.47. The molecule has 2 aromatic rings. The van der Waals surface area contributed by atoms with Crippen LogP contribution in [0.15, 0.2) is 42.5 Å². The minimum atomic E-state index is -0.332. The topological polar surface area (TPSA) is 71.3 Å². The van der Waals surface area contributed by atoms with Crippen molar-refractivity contribution in [3.8, 4) is 17.6 Å². The molecule has 0 spiro atoms. The van der Waals surface area contributed by atoms with Crippen LogP contribution >= 0.6 is 11.6 Å². The predicted molar refractivity (Wildman–Crippen MR) is 92.5 cm³/mol. The highest BCUT2D eigenvalue weighted by Crippen LogP contribution is 2.26. The van der Waals surface area contributed by atoms with Gasteiger partial charge in [-0.3, -0.25) is 4.79 Å². The number of rotatable bonds is 7. The molecule has 1 amide bonds. The second-order valence-electron chi connectivity index (χ2n) is 4.94. The van der Waals surface area contributed by atoms with Gasteiger partial charge < -0.3 is 14.8 Å². The summed E-state index contributed by atoms with van der Waals surface area (Å²) in [6, 6.07) is 13.8. The molecule has 0 fully saturated rings. The van der Waals surface area contributed by atoms with Crippen LogP contribution in [0.2, 0.25) is 5.02 Å². The van der Waals surface area contributed by atoms with Crippen molar-refractivity contribution in [1.82, 2.24) is 0 Å². The fourth-order valence-electron chi connectivity index (χ4n) is 1.92. The van der Waals surface area contributed by atoms with Gasteiger partial charge in [0.25, 0.3) is 5.91 Å². The second-order valence-corrected chi connectivity index (χ2v) is 5.35. The minimum Gasteiger partial charge on any atom is -0.490 e. The summed E-state index contributed by atoms with van der Waals surface area (Å²) >= 11 is 5.93.